The first kappa shape index (κ1) is 18.4. The van der Waals surface area contributed by atoms with Crippen LogP contribution in [0.5, 0.6) is 0 Å². The van der Waals surface area contributed by atoms with Crippen LogP contribution in [0.25, 0.3) is 0 Å². The van der Waals surface area contributed by atoms with E-state index < -0.39 is 5.60 Å². The lowest BCUT2D eigenvalue weighted by molar-refractivity contribution is -0.133. The van der Waals surface area contributed by atoms with Crippen molar-refractivity contribution in [2.45, 2.75) is 39.2 Å². The van der Waals surface area contributed by atoms with E-state index in [4.69, 9.17) is 4.74 Å². The summed E-state index contributed by atoms with van der Waals surface area (Å²) in [6, 6.07) is 3.83. The minimum Gasteiger partial charge on any atom is -0.388 e. The quantitative estimate of drug-likeness (QED) is 0.865. The Bertz CT molecular complexity index is 607. The van der Waals surface area contributed by atoms with Crippen molar-refractivity contribution in [3.05, 3.63) is 23.5 Å². The summed E-state index contributed by atoms with van der Waals surface area (Å²) in [5.74, 6) is 0.0289. The number of aliphatic hydroxyl groups is 1. The van der Waals surface area contributed by atoms with Gasteiger partial charge >= 0.3 is 0 Å². The van der Waals surface area contributed by atoms with Gasteiger partial charge in [-0.3, -0.25) is 9.69 Å². The summed E-state index contributed by atoms with van der Waals surface area (Å²) in [7, 11) is 0. The Morgan fingerprint density at radius 2 is 2.00 bits per heavy atom. The average molecular weight is 349 g/mol. The highest BCUT2D eigenvalue weighted by Crippen LogP contribution is 2.39. The summed E-state index contributed by atoms with van der Waals surface area (Å²) in [6.45, 7) is 11.2. The van der Waals surface area contributed by atoms with E-state index in [2.05, 4.69) is 30.7 Å². The molecule has 2 N–H and O–H groups in total. The van der Waals surface area contributed by atoms with Crippen molar-refractivity contribution in [2.75, 3.05) is 45.9 Å². The van der Waals surface area contributed by atoms with Crippen LogP contribution in [0.4, 0.5) is 0 Å². The molecule has 1 unspecified atom stereocenters. The maximum absolute atomic E-state index is 12.8. The summed E-state index contributed by atoms with van der Waals surface area (Å²) in [4.78, 5) is 20.2. The van der Waals surface area contributed by atoms with Gasteiger partial charge in [0, 0.05) is 43.8 Å². The van der Waals surface area contributed by atoms with Crippen LogP contribution < -0.4 is 0 Å². The first-order valence-electron chi connectivity index (χ1n) is 9.34. The number of hydrogen-bond acceptors (Lipinski definition) is 4. The van der Waals surface area contributed by atoms with Gasteiger partial charge in [-0.15, -0.1) is 0 Å². The Hall–Kier alpha value is -1.37. The van der Waals surface area contributed by atoms with Gasteiger partial charge in [-0.1, -0.05) is 20.8 Å². The minimum atomic E-state index is -0.786. The fourth-order valence-electron chi connectivity index (χ4n) is 3.90. The lowest BCUT2D eigenvalue weighted by Gasteiger charge is -2.52. The predicted octanol–water partition coefficient (Wildman–Crippen LogP) is 1.51. The molecule has 0 bridgehead atoms. The second-order valence-electron chi connectivity index (χ2n) is 8.03. The SMILES string of the molecule is CCc1ccc(C(=O)N2CCC(O)(CN3CCOCC3)C(C)(C)C2)[nH]1. The fourth-order valence-corrected chi connectivity index (χ4v) is 3.90. The van der Waals surface area contributed by atoms with Crippen molar-refractivity contribution >= 4 is 5.91 Å². The molecule has 2 aliphatic rings. The van der Waals surface area contributed by atoms with Crippen LogP contribution in [0.1, 0.15) is 43.4 Å². The third kappa shape index (κ3) is 3.76. The number of piperidine rings is 1. The Labute approximate surface area is 150 Å². The van der Waals surface area contributed by atoms with Gasteiger partial charge in [0.15, 0.2) is 0 Å². The molecule has 2 saturated heterocycles. The number of rotatable bonds is 4. The zero-order valence-corrected chi connectivity index (χ0v) is 15.7. The number of aromatic amines is 1. The van der Waals surface area contributed by atoms with E-state index in [0.29, 0.717) is 31.7 Å². The van der Waals surface area contributed by atoms with E-state index in [9.17, 15) is 9.90 Å². The van der Waals surface area contributed by atoms with Crippen molar-refractivity contribution < 1.29 is 14.6 Å². The maximum atomic E-state index is 12.8. The van der Waals surface area contributed by atoms with Crippen LogP contribution in [0.3, 0.4) is 0 Å². The lowest BCUT2D eigenvalue weighted by Crippen LogP contribution is -2.63. The Balaban J connectivity index is 1.67. The van der Waals surface area contributed by atoms with E-state index in [-0.39, 0.29) is 11.3 Å². The number of carbonyl (C=O) groups excluding carboxylic acids is 1. The molecule has 0 saturated carbocycles. The molecule has 1 atom stereocenters. The largest absolute Gasteiger partial charge is 0.388 e. The van der Waals surface area contributed by atoms with Crippen LogP contribution in [0.2, 0.25) is 0 Å². The predicted molar refractivity (Wildman–Crippen MR) is 96.7 cm³/mol. The van der Waals surface area contributed by atoms with E-state index in [1.165, 1.54) is 0 Å². The number of carbonyl (C=O) groups is 1. The molecular weight excluding hydrogens is 318 g/mol. The second kappa shape index (κ2) is 7.09. The molecule has 3 heterocycles. The summed E-state index contributed by atoms with van der Waals surface area (Å²) in [6.07, 6.45) is 1.49. The van der Waals surface area contributed by atoms with Crippen LogP contribution >= 0.6 is 0 Å². The highest BCUT2D eigenvalue weighted by atomic mass is 16.5. The second-order valence-corrected chi connectivity index (χ2v) is 8.03. The van der Waals surface area contributed by atoms with Crippen LogP contribution in [0, 0.1) is 5.41 Å². The number of nitrogens with one attached hydrogen (secondary N) is 1. The van der Waals surface area contributed by atoms with Gasteiger partial charge in [-0.25, -0.2) is 0 Å². The lowest BCUT2D eigenvalue weighted by atomic mass is 9.69. The van der Waals surface area contributed by atoms with Gasteiger partial charge in [0.05, 0.1) is 18.8 Å². The fraction of sp³-hybridized carbons (Fsp3) is 0.737. The topological polar surface area (TPSA) is 68.8 Å². The molecule has 1 aromatic rings. The Morgan fingerprint density at radius 1 is 1.28 bits per heavy atom. The minimum absolute atomic E-state index is 0.0289. The number of morpholine rings is 1. The molecule has 3 rings (SSSR count). The van der Waals surface area contributed by atoms with Gasteiger partial charge in [0.25, 0.3) is 5.91 Å². The van der Waals surface area contributed by atoms with Crippen molar-refractivity contribution in [3.63, 3.8) is 0 Å². The molecule has 1 amide bonds. The van der Waals surface area contributed by atoms with Crippen molar-refractivity contribution in [1.29, 1.82) is 0 Å². The maximum Gasteiger partial charge on any atom is 0.270 e. The van der Waals surface area contributed by atoms with Gasteiger partial charge in [-0.2, -0.15) is 0 Å². The molecule has 0 radical (unpaired) electrons. The molecule has 2 fully saturated rings. The molecule has 140 valence electrons. The molecule has 6 heteroatoms. The van der Waals surface area contributed by atoms with Gasteiger partial charge in [0.2, 0.25) is 0 Å². The number of aryl methyl sites for hydroxylation is 1. The number of hydrogen-bond donors (Lipinski definition) is 2. The number of amides is 1. The summed E-state index contributed by atoms with van der Waals surface area (Å²) < 4.78 is 5.40. The standard InChI is InChI=1S/C19H31N3O3/c1-4-15-5-6-16(20-15)17(23)22-8-7-19(24,18(2,3)13-22)14-21-9-11-25-12-10-21/h5-6,20,24H,4,7-14H2,1-3H3. The van der Waals surface area contributed by atoms with Gasteiger partial charge < -0.3 is 19.7 Å². The van der Waals surface area contributed by atoms with Crippen molar-refractivity contribution in [3.8, 4) is 0 Å². The highest BCUT2D eigenvalue weighted by Gasteiger charge is 2.49. The molecule has 0 spiro atoms. The van der Waals surface area contributed by atoms with E-state index in [0.717, 1.165) is 38.4 Å². The third-order valence-corrected chi connectivity index (χ3v) is 5.88. The molecule has 2 aliphatic heterocycles. The first-order chi connectivity index (χ1) is 11.8. The van der Waals surface area contributed by atoms with Crippen molar-refractivity contribution in [2.24, 2.45) is 5.41 Å². The van der Waals surface area contributed by atoms with Crippen molar-refractivity contribution in [1.82, 2.24) is 14.8 Å². The molecule has 6 nitrogen and oxygen atoms in total. The Kier molecular flexibility index (Phi) is 5.23. The van der Waals surface area contributed by atoms with Crippen LogP contribution in [-0.2, 0) is 11.2 Å². The summed E-state index contributed by atoms with van der Waals surface area (Å²) in [5, 5.41) is 11.3. The molecule has 0 aromatic carbocycles. The normalized spacial score (nSPS) is 27.4. The number of β-amino-alcohol motifs (C(OH)–C–C–N with tert-alkyl or cyclic N) is 1. The molecule has 0 aliphatic carbocycles. The summed E-state index contributed by atoms with van der Waals surface area (Å²) in [5.41, 5.74) is 0.569. The average Bonchev–Trinajstić information content (AvgIpc) is 3.07. The molecular formula is C19H31N3O3. The smallest absolute Gasteiger partial charge is 0.270 e. The molecule has 25 heavy (non-hydrogen) atoms. The zero-order valence-electron chi connectivity index (χ0n) is 15.7. The number of ether oxygens (including phenoxy) is 1. The van der Waals surface area contributed by atoms with Gasteiger partial charge in [-0.05, 0) is 25.0 Å². The van der Waals surface area contributed by atoms with E-state index in [1.54, 1.807) is 0 Å². The highest BCUT2D eigenvalue weighted by molar-refractivity contribution is 5.92. The van der Waals surface area contributed by atoms with Gasteiger partial charge in [0.1, 0.15) is 5.69 Å². The number of H-pyrrole nitrogens is 1. The van der Waals surface area contributed by atoms with Crippen LogP contribution in [0.15, 0.2) is 12.1 Å². The number of nitrogens with zero attached hydrogens (tertiary/aromatic N) is 2. The Morgan fingerprint density at radius 3 is 2.60 bits per heavy atom. The number of likely N-dealkylation sites (tertiary alicyclic amines) is 1. The monoisotopic (exact) mass is 349 g/mol. The zero-order chi connectivity index (χ0) is 18.1. The van der Waals surface area contributed by atoms with E-state index >= 15 is 0 Å². The first-order valence-corrected chi connectivity index (χ1v) is 9.34. The van der Waals surface area contributed by atoms with Crippen LogP contribution in [-0.4, -0.2) is 77.3 Å². The number of aromatic nitrogens is 1. The van der Waals surface area contributed by atoms with E-state index in [1.807, 2.05) is 17.0 Å². The summed E-state index contributed by atoms with van der Waals surface area (Å²) >= 11 is 0. The third-order valence-electron chi connectivity index (χ3n) is 5.88. The molecule has 1 aromatic heterocycles.